The fourth-order valence-electron chi connectivity index (χ4n) is 2.32. The second-order valence-electron chi connectivity index (χ2n) is 5.82. The third-order valence-corrected chi connectivity index (χ3v) is 3.92. The minimum atomic E-state index is -1.92. The normalized spacial score (nSPS) is 32.3. The van der Waals surface area contributed by atoms with E-state index in [0.717, 1.165) is 0 Å². The van der Waals surface area contributed by atoms with Gasteiger partial charge in [0.15, 0.2) is 12.4 Å². The van der Waals surface area contributed by atoms with E-state index >= 15 is 0 Å². The summed E-state index contributed by atoms with van der Waals surface area (Å²) in [4.78, 5) is 0. The van der Waals surface area contributed by atoms with Gasteiger partial charge in [0, 0.05) is 6.42 Å². The van der Waals surface area contributed by atoms with Crippen LogP contribution >= 0.6 is 0 Å². The molecule has 8 heteroatoms. The molecule has 0 saturated carbocycles. The molecule has 0 amide bonds. The van der Waals surface area contributed by atoms with Crippen LogP contribution in [0.3, 0.4) is 0 Å². The lowest BCUT2D eigenvalue weighted by atomic mass is 10.0. The van der Waals surface area contributed by atoms with Gasteiger partial charge in [0.1, 0.15) is 18.8 Å². The summed E-state index contributed by atoms with van der Waals surface area (Å²) in [5, 5.41) is 49.1. The van der Waals surface area contributed by atoms with Crippen LogP contribution in [0, 0.1) is 11.8 Å². The molecule has 0 radical (unpaired) electrons. The summed E-state index contributed by atoms with van der Waals surface area (Å²) < 4.78 is 16.6. The Morgan fingerprint density at radius 3 is 2.46 bits per heavy atom. The quantitative estimate of drug-likeness (QED) is 0.271. The third-order valence-electron chi connectivity index (χ3n) is 3.92. The highest BCUT2D eigenvalue weighted by molar-refractivity contribution is 5.08. The van der Waals surface area contributed by atoms with Crippen molar-refractivity contribution in [1.82, 2.24) is 0 Å². The van der Waals surface area contributed by atoms with Gasteiger partial charge in [-0.3, -0.25) is 0 Å². The lowest BCUT2D eigenvalue weighted by Crippen LogP contribution is -2.59. The van der Waals surface area contributed by atoms with Crippen molar-refractivity contribution in [3.63, 3.8) is 0 Å². The lowest BCUT2D eigenvalue weighted by molar-refractivity contribution is -0.385. The van der Waals surface area contributed by atoms with Gasteiger partial charge >= 0.3 is 0 Å². The SMILES string of the molecule is CC#CC(O)C(CO)(OC1OC(CO)C(O)CC1O)O[C@@H](C)CC. The summed E-state index contributed by atoms with van der Waals surface area (Å²) in [6, 6.07) is 0. The van der Waals surface area contributed by atoms with Crippen molar-refractivity contribution in [3.05, 3.63) is 0 Å². The zero-order valence-electron chi connectivity index (χ0n) is 14.3. The third kappa shape index (κ3) is 5.12. The van der Waals surface area contributed by atoms with E-state index in [4.69, 9.17) is 14.2 Å². The van der Waals surface area contributed by atoms with Gasteiger partial charge in [-0.05, 0) is 20.3 Å². The van der Waals surface area contributed by atoms with E-state index in [2.05, 4.69) is 11.8 Å². The Kier molecular flexibility index (Phi) is 8.56. The average molecular weight is 348 g/mol. The zero-order valence-corrected chi connectivity index (χ0v) is 14.3. The molecule has 0 aromatic carbocycles. The Labute approximate surface area is 142 Å². The second-order valence-corrected chi connectivity index (χ2v) is 5.82. The number of hydrogen-bond donors (Lipinski definition) is 5. The van der Waals surface area contributed by atoms with Crippen LogP contribution in [0.5, 0.6) is 0 Å². The molecule has 1 saturated heterocycles. The van der Waals surface area contributed by atoms with Gasteiger partial charge in [-0.15, -0.1) is 5.92 Å². The summed E-state index contributed by atoms with van der Waals surface area (Å²) in [6.07, 6.45) is -5.90. The predicted octanol–water partition coefficient (Wildman–Crippen LogP) is -1.28. The predicted molar refractivity (Wildman–Crippen MR) is 83.6 cm³/mol. The van der Waals surface area contributed by atoms with Gasteiger partial charge in [-0.25, -0.2) is 0 Å². The highest BCUT2D eigenvalue weighted by atomic mass is 16.8. The van der Waals surface area contributed by atoms with E-state index in [1.54, 1.807) is 6.92 Å². The molecule has 1 fully saturated rings. The molecule has 24 heavy (non-hydrogen) atoms. The van der Waals surface area contributed by atoms with E-state index in [9.17, 15) is 25.5 Å². The molecule has 0 bridgehead atoms. The molecule has 0 aliphatic carbocycles. The van der Waals surface area contributed by atoms with E-state index < -0.39 is 49.7 Å². The first kappa shape index (κ1) is 21.3. The van der Waals surface area contributed by atoms with Gasteiger partial charge < -0.3 is 39.7 Å². The molecule has 6 unspecified atom stereocenters. The van der Waals surface area contributed by atoms with E-state index in [0.29, 0.717) is 6.42 Å². The standard InChI is InChI=1S/C16H28O8/c1-4-6-14(21)16(9-18,23-10(3)5-2)24-15-12(20)7-11(19)13(8-17)22-15/h10-15,17-21H,5,7-9H2,1-3H3/t10-,11?,12?,13?,14?,15?,16?/m0/s1. The first-order chi connectivity index (χ1) is 11.3. The Balaban J connectivity index is 3.02. The van der Waals surface area contributed by atoms with E-state index in [1.807, 2.05) is 6.92 Å². The topological polar surface area (TPSA) is 129 Å². The van der Waals surface area contributed by atoms with Crippen molar-refractivity contribution in [1.29, 1.82) is 0 Å². The van der Waals surface area contributed by atoms with Gasteiger partial charge in [-0.1, -0.05) is 12.8 Å². The maximum atomic E-state index is 10.3. The fourth-order valence-corrected chi connectivity index (χ4v) is 2.32. The van der Waals surface area contributed by atoms with Crippen molar-refractivity contribution >= 4 is 0 Å². The molecular formula is C16H28O8. The highest BCUT2D eigenvalue weighted by Gasteiger charge is 2.47. The second kappa shape index (κ2) is 9.65. The first-order valence-electron chi connectivity index (χ1n) is 8.02. The van der Waals surface area contributed by atoms with Crippen LogP contribution in [0.2, 0.25) is 0 Å². The Hall–Kier alpha value is -0.760. The fraction of sp³-hybridized carbons (Fsp3) is 0.875. The summed E-state index contributed by atoms with van der Waals surface area (Å²) in [5.41, 5.74) is 0. The van der Waals surface area contributed by atoms with E-state index in [1.165, 1.54) is 6.92 Å². The number of rotatable bonds is 8. The Bertz CT molecular complexity index is 434. The minimum absolute atomic E-state index is 0.0870. The molecule has 1 aliphatic heterocycles. The van der Waals surface area contributed by atoms with Crippen molar-refractivity contribution < 1.29 is 39.7 Å². The van der Waals surface area contributed by atoms with Gasteiger partial charge in [0.25, 0.3) is 0 Å². The summed E-state index contributed by atoms with van der Waals surface area (Å²) in [5.74, 6) is 3.06. The molecule has 0 spiro atoms. The van der Waals surface area contributed by atoms with Crippen LogP contribution in [0.4, 0.5) is 0 Å². The highest BCUT2D eigenvalue weighted by Crippen LogP contribution is 2.29. The van der Waals surface area contributed by atoms with Crippen molar-refractivity contribution in [3.8, 4) is 11.8 Å². The maximum Gasteiger partial charge on any atom is 0.232 e. The van der Waals surface area contributed by atoms with Crippen LogP contribution in [-0.4, -0.2) is 81.3 Å². The van der Waals surface area contributed by atoms with Crippen molar-refractivity contribution in [2.45, 2.75) is 76.2 Å². The van der Waals surface area contributed by atoms with Crippen LogP contribution in [0.15, 0.2) is 0 Å². The average Bonchev–Trinajstić information content (AvgIpc) is 2.56. The Morgan fingerprint density at radius 1 is 1.29 bits per heavy atom. The monoisotopic (exact) mass is 348 g/mol. The summed E-state index contributed by atoms with van der Waals surface area (Å²) in [7, 11) is 0. The molecule has 7 atom stereocenters. The lowest BCUT2D eigenvalue weighted by Gasteiger charge is -2.43. The van der Waals surface area contributed by atoms with Crippen molar-refractivity contribution in [2.75, 3.05) is 13.2 Å². The van der Waals surface area contributed by atoms with Crippen molar-refractivity contribution in [2.24, 2.45) is 0 Å². The van der Waals surface area contributed by atoms with Crippen LogP contribution in [-0.2, 0) is 14.2 Å². The molecule has 5 N–H and O–H groups in total. The van der Waals surface area contributed by atoms with Gasteiger partial charge in [-0.2, -0.15) is 0 Å². The maximum absolute atomic E-state index is 10.3. The molecular weight excluding hydrogens is 320 g/mol. The largest absolute Gasteiger partial charge is 0.394 e. The molecule has 1 aliphatic rings. The van der Waals surface area contributed by atoms with Crippen LogP contribution < -0.4 is 0 Å². The number of hydrogen-bond acceptors (Lipinski definition) is 8. The molecule has 1 heterocycles. The summed E-state index contributed by atoms with van der Waals surface area (Å²) >= 11 is 0. The molecule has 1 rings (SSSR count). The number of aliphatic hydroxyl groups is 5. The molecule has 8 nitrogen and oxygen atoms in total. The molecule has 0 aromatic heterocycles. The van der Waals surface area contributed by atoms with Crippen LogP contribution in [0.25, 0.3) is 0 Å². The summed E-state index contributed by atoms with van der Waals surface area (Å²) in [6.45, 7) is 3.90. The minimum Gasteiger partial charge on any atom is -0.394 e. The van der Waals surface area contributed by atoms with Crippen LogP contribution in [0.1, 0.15) is 33.6 Å². The van der Waals surface area contributed by atoms with Gasteiger partial charge in [0.05, 0.1) is 18.8 Å². The molecule has 140 valence electrons. The first-order valence-corrected chi connectivity index (χ1v) is 8.02. The number of ether oxygens (including phenoxy) is 3. The zero-order chi connectivity index (χ0) is 18.3. The smallest absolute Gasteiger partial charge is 0.232 e. The van der Waals surface area contributed by atoms with Gasteiger partial charge in [0.2, 0.25) is 5.79 Å². The van der Waals surface area contributed by atoms with E-state index in [-0.39, 0.29) is 12.5 Å². The number of aliphatic hydroxyl groups excluding tert-OH is 5. The Morgan fingerprint density at radius 2 is 1.96 bits per heavy atom. The molecule has 0 aromatic rings.